The van der Waals surface area contributed by atoms with Crippen molar-refractivity contribution in [3.05, 3.63) is 0 Å². The summed E-state index contributed by atoms with van der Waals surface area (Å²) >= 11 is 0. The fraction of sp³-hybridized carbons (Fsp3) is 0.846. The second-order valence-electron chi connectivity index (χ2n) is 5.62. The van der Waals surface area contributed by atoms with Crippen molar-refractivity contribution in [2.45, 2.75) is 25.8 Å². The van der Waals surface area contributed by atoms with E-state index in [9.17, 15) is 9.59 Å². The number of piperazine rings is 1. The molecule has 0 spiro atoms. The van der Waals surface area contributed by atoms with Gasteiger partial charge in [0, 0.05) is 32.7 Å². The summed E-state index contributed by atoms with van der Waals surface area (Å²) in [5, 5.41) is 12.2. The fourth-order valence-corrected chi connectivity index (χ4v) is 2.87. The Labute approximate surface area is 113 Å². The number of rotatable bonds is 3. The number of carbonyl (C=O) groups excluding carboxylic acids is 1. The van der Waals surface area contributed by atoms with Crippen LogP contribution in [0.3, 0.4) is 0 Å². The van der Waals surface area contributed by atoms with Crippen LogP contribution >= 0.6 is 0 Å². The molecule has 0 radical (unpaired) electrons. The van der Waals surface area contributed by atoms with Crippen molar-refractivity contribution < 1.29 is 14.7 Å². The van der Waals surface area contributed by atoms with Gasteiger partial charge in [-0.1, -0.05) is 6.92 Å². The summed E-state index contributed by atoms with van der Waals surface area (Å²) < 4.78 is 0. The lowest BCUT2D eigenvalue weighted by molar-refractivity contribution is -0.145. The molecule has 2 aliphatic heterocycles. The molecule has 2 unspecified atom stereocenters. The third kappa shape index (κ3) is 3.67. The summed E-state index contributed by atoms with van der Waals surface area (Å²) in [5.41, 5.74) is 0. The van der Waals surface area contributed by atoms with Crippen molar-refractivity contribution in [1.29, 1.82) is 0 Å². The lowest BCUT2D eigenvalue weighted by atomic mass is 10.0. The Bertz CT molecular complexity index is 348. The van der Waals surface area contributed by atoms with Gasteiger partial charge in [-0.3, -0.25) is 14.5 Å². The molecule has 2 rings (SSSR count). The lowest BCUT2D eigenvalue weighted by Crippen LogP contribution is -2.57. The molecule has 0 aliphatic carbocycles. The van der Waals surface area contributed by atoms with E-state index < -0.39 is 12.0 Å². The number of nitrogens with one attached hydrogen (secondary N) is 1. The van der Waals surface area contributed by atoms with Gasteiger partial charge in [0.1, 0.15) is 6.04 Å². The molecule has 108 valence electrons. The van der Waals surface area contributed by atoms with Crippen LogP contribution < -0.4 is 5.32 Å². The van der Waals surface area contributed by atoms with Crippen LogP contribution in [0, 0.1) is 5.92 Å². The van der Waals surface area contributed by atoms with E-state index in [1.807, 2.05) is 4.90 Å². The maximum atomic E-state index is 12.3. The van der Waals surface area contributed by atoms with Crippen molar-refractivity contribution >= 4 is 11.9 Å². The van der Waals surface area contributed by atoms with Crippen LogP contribution in [0.5, 0.6) is 0 Å². The van der Waals surface area contributed by atoms with Crippen LogP contribution in [0.4, 0.5) is 0 Å². The second kappa shape index (κ2) is 6.34. The lowest BCUT2D eigenvalue weighted by Gasteiger charge is -2.36. The van der Waals surface area contributed by atoms with Gasteiger partial charge < -0.3 is 15.3 Å². The maximum absolute atomic E-state index is 12.3. The van der Waals surface area contributed by atoms with E-state index in [0.717, 1.165) is 26.1 Å². The highest BCUT2D eigenvalue weighted by molar-refractivity contribution is 5.80. The minimum absolute atomic E-state index is 0.0692. The molecule has 0 aromatic carbocycles. The van der Waals surface area contributed by atoms with Crippen molar-refractivity contribution in [1.82, 2.24) is 15.1 Å². The first-order valence-electron chi connectivity index (χ1n) is 7.03. The summed E-state index contributed by atoms with van der Waals surface area (Å²) in [6.07, 6.45) is 2.23. The summed E-state index contributed by atoms with van der Waals surface area (Å²) in [7, 11) is 0. The monoisotopic (exact) mass is 269 g/mol. The predicted octanol–water partition coefficient (Wildman–Crippen LogP) is -0.397. The molecule has 0 aromatic rings. The Morgan fingerprint density at radius 1 is 1.37 bits per heavy atom. The summed E-state index contributed by atoms with van der Waals surface area (Å²) in [6.45, 7) is 5.78. The van der Waals surface area contributed by atoms with E-state index in [-0.39, 0.29) is 12.5 Å². The van der Waals surface area contributed by atoms with Gasteiger partial charge in [-0.2, -0.15) is 0 Å². The number of piperidine rings is 1. The first-order valence-corrected chi connectivity index (χ1v) is 7.03. The molecule has 6 heteroatoms. The molecule has 2 fully saturated rings. The van der Waals surface area contributed by atoms with Gasteiger partial charge >= 0.3 is 5.97 Å². The average molecular weight is 269 g/mol. The zero-order chi connectivity index (χ0) is 13.8. The number of carbonyl (C=O) groups is 2. The normalized spacial score (nSPS) is 29.2. The second-order valence-corrected chi connectivity index (χ2v) is 5.62. The fourth-order valence-electron chi connectivity index (χ4n) is 2.87. The molecule has 1 amide bonds. The van der Waals surface area contributed by atoms with Gasteiger partial charge in [0.15, 0.2) is 0 Å². The van der Waals surface area contributed by atoms with Gasteiger partial charge in [0.2, 0.25) is 5.91 Å². The van der Waals surface area contributed by atoms with Gasteiger partial charge in [0.05, 0.1) is 6.54 Å². The predicted molar refractivity (Wildman–Crippen MR) is 70.8 cm³/mol. The van der Waals surface area contributed by atoms with E-state index >= 15 is 0 Å². The highest BCUT2D eigenvalue weighted by Gasteiger charge is 2.31. The van der Waals surface area contributed by atoms with Crippen molar-refractivity contribution in [2.24, 2.45) is 5.92 Å². The number of aliphatic carboxylic acids is 1. The van der Waals surface area contributed by atoms with Crippen LogP contribution in [-0.2, 0) is 9.59 Å². The van der Waals surface area contributed by atoms with E-state index in [1.165, 1.54) is 6.42 Å². The molecule has 0 bridgehead atoms. The minimum atomic E-state index is -0.855. The van der Waals surface area contributed by atoms with Crippen LogP contribution in [0.15, 0.2) is 0 Å². The molecule has 19 heavy (non-hydrogen) atoms. The number of nitrogens with zero attached hydrogens (tertiary/aromatic N) is 2. The molecule has 2 saturated heterocycles. The van der Waals surface area contributed by atoms with Crippen molar-refractivity contribution in [3.63, 3.8) is 0 Å². The Hall–Kier alpha value is -1.14. The molecule has 0 aromatic heterocycles. The largest absolute Gasteiger partial charge is 0.480 e. The molecule has 2 N–H and O–H groups in total. The number of hydrogen-bond acceptors (Lipinski definition) is 4. The van der Waals surface area contributed by atoms with E-state index in [1.54, 1.807) is 4.90 Å². The third-order valence-electron chi connectivity index (χ3n) is 3.99. The van der Waals surface area contributed by atoms with Crippen LogP contribution in [0.2, 0.25) is 0 Å². The first kappa shape index (κ1) is 14.3. The van der Waals surface area contributed by atoms with E-state index in [2.05, 4.69) is 12.2 Å². The number of carboxylic acids is 1. The zero-order valence-corrected chi connectivity index (χ0v) is 11.5. The number of likely N-dealkylation sites (tertiary alicyclic amines) is 1. The van der Waals surface area contributed by atoms with Gasteiger partial charge in [-0.25, -0.2) is 0 Å². The highest BCUT2D eigenvalue weighted by atomic mass is 16.4. The van der Waals surface area contributed by atoms with Gasteiger partial charge in [-0.05, 0) is 18.8 Å². The Kier molecular flexibility index (Phi) is 4.76. The molecule has 0 saturated carbocycles. The Morgan fingerprint density at radius 2 is 2.16 bits per heavy atom. The quantitative estimate of drug-likeness (QED) is 0.729. The standard InChI is InChI=1S/C13H23N3O3/c1-10-3-2-5-16(8-10)12(17)9-15-6-4-14-7-11(15)13(18)19/h10-11,14H,2-9H2,1H3,(H,18,19). The first-order chi connectivity index (χ1) is 9.08. The molecule has 2 aliphatic rings. The number of amides is 1. The number of carboxylic acid groups (broad SMARTS) is 1. The molecule has 6 nitrogen and oxygen atoms in total. The smallest absolute Gasteiger partial charge is 0.322 e. The summed E-state index contributed by atoms with van der Waals surface area (Å²) in [6, 6.07) is -0.583. The maximum Gasteiger partial charge on any atom is 0.322 e. The SMILES string of the molecule is CC1CCCN(C(=O)CN2CCNCC2C(=O)O)C1. The van der Waals surface area contributed by atoms with Gasteiger partial charge in [-0.15, -0.1) is 0 Å². The Balaban J connectivity index is 1.91. The van der Waals surface area contributed by atoms with Crippen LogP contribution in [-0.4, -0.2) is 72.1 Å². The zero-order valence-electron chi connectivity index (χ0n) is 11.5. The highest BCUT2D eigenvalue weighted by Crippen LogP contribution is 2.16. The third-order valence-corrected chi connectivity index (χ3v) is 3.99. The topological polar surface area (TPSA) is 72.9 Å². The molecule has 2 heterocycles. The van der Waals surface area contributed by atoms with Crippen LogP contribution in [0.25, 0.3) is 0 Å². The van der Waals surface area contributed by atoms with Crippen molar-refractivity contribution in [3.8, 4) is 0 Å². The summed E-state index contributed by atoms with van der Waals surface area (Å²) in [5.74, 6) is -0.234. The summed E-state index contributed by atoms with van der Waals surface area (Å²) in [4.78, 5) is 27.1. The van der Waals surface area contributed by atoms with Crippen LogP contribution in [0.1, 0.15) is 19.8 Å². The number of hydrogen-bond donors (Lipinski definition) is 2. The molecule has 2 atom stereocenters. The average Bonchev–Trinajstić information content (AvgIpc) is 2.39. The molecular formula is C13H23N3O3. The van der Waals surface area contributed by atoms with E-state index in [0.29, 0.717) is 19.0 Å². The van der Waals surface area contributed by atoms with Crippen molar-refractivity contribution in [2.75, 3.05) is 39.3 Å². The van der Waals surface area contributed by atoms with E-state index in [4.69, 9.17) is 5.11 Å². The van der Waals surface area contributed by atoms with Gasteiger partial charge in [0.25, 0.3) is 0 Å². The minimum Gasteiger partial charge on any atom is -0.480 e. The molecular weight excluding hydrogens is 246 g/mol. The Morgan fingerprint density at radius 3 is 2.84 bits per heavy atom.